The Morgan fingerprint density at radius 1 is 1.47 bits per heavy atom. The van der Waals surface area contributed by atoms with Crippen LogP contribution in [0.1, 0.15) is 30.4 Å². The summed E-state index contributed by atoms with van der Waals surface area (Å²) in [5, 5.41) is 8.75. The third-order valence-electron chi connectivity index (χ3n) is 3.38. The van der Waals surface area contributed by atoms with Crippen molar-refractivity contribution in [3.8, 4) is 11.8 Å². The molecule has 0 radical (unpaired) electrons. The molecule has 2 N–H and O–H groups in total. The van der Waals surface area contributed by atoms with E-state index < -0.39 is 0 Å². The minimum Gasteiger partial charge on any atom is -0.493 e. The summed E-state index contributed by atoms with van der Waals surface area (Å²) in [7, 11) is 0. The van der Waals surface area contributed by atoms with E-state index >= 15 is 0 Å². The van der Waals surface area contributed by atoms with Gasteiger partial charge in [0.2, 0.25) is 0 Å². The molecule has 1 aliphatic rings. The lowest BCUT2D eigenvalue weighted by Gasteiger charge is -2.15. The van der Waals surface area contributed by atoms with E-state index in [2.05, 4.69) is 12.1 Å². The van der Waals surface area contributed by atoms with Crippen molar-refractivity contribution in [3.05, 3.63) is 29.3 Å². The van der Waals surface area contributed by atoms with E-state index in [4.69, 9.17) is 15.7 Å². The van der Waals surface area contributed by atoms with Gasteiger partial charge in [0.25, 0.3) is 0 Å². The molecule has 0 spiro atoms. The van der Waals surface area contributed by atoms with Crippen LogP contribution in [-0.2, 0) is 6.54 Å². The summed E-state index contributed by atoms with van der Waals surface area (Å²) >= 11 is 0. The van der Waals surface area contributed by atoms with E-state index in [1.807, 2.05) is 19.1 Å². The average Bonchev–Trinajstić information content (AvgIpc) is 3.08. The van der Waals surface area contributed by atoms with Crippen molar-refractivity contribution < 1.29 is 4.74 Å². The summed E-state index contributed by atoms with van der Waals surface area (Å²) in [5.74, 6) is 0.863. The van der Waals surface area contributed by atoms with E-state index in [0.717, 1.165) is 24.2 Å². The van der Waals surface area contributed by atoms with Crippen molar-refractivity contribution in [2.24, 2.45) is 11.1 Å². The zero-order valence-corrected chi connectivity index (χ0v) is 10.2. The Balaban J connectivity index is 2.02. The lowest BCUT2D eigenvalue weighted by atomic mass is 10.1. The lowest BCUT2D eigenvalue weighted by molar-refractivity contribution is 0.235. The summed E-state index contributed by atoms with van der Waals surface area (Å²) in [6, 6.07) is 8.29. The van der Waals surface area contributed by atoms with Gasteiger partial charge in [-0.15, -0.1) is 0 Å². The number of ether oxygens (including phenoxy) is 1. The summed E-state index contributed by atoms with van der Waals surface area (Å²) < 4.78 is 5.83. The van der Waals surface area contributed by atoms with Gasteiger partial charge < -0.3 is 10.5 Å². The van der Waals surface area contributed by atoms with Gasteiger partial charge in [0.1, 0.15) is 5.75 Å². The number of nitrogens with two attached hydrogens (primary N) is 1. The van der Waals surface area contributed by atoms with E-state index in [1.54, 1.807) is 0 Å². The van der Waals surface area contributed by atoms with Crippen LogP contribution >= 0.6 is 0 Å². The number of hydrogen-bond donors (Lipinski definition) is 1. The predicted molar refractivity (Wildman–Crippen MR) is 66.5 cm³/mol. The summed E-state index contributed by atoms with van der Waals surface area (Å²) in [4.78, 5) is 0. The van der Waals surface area contributed by atoms with Gasteiger partial charge in [0.15, 0.2) is 0 Å². The molecule has 1 saturated carbocycles. The first-order valence-corrected chi connectivity index (χ1v) is 5.98. The molecule has 1 fully saturated rings. The molecule has 1 aromatic rings. The van der Waals surface area contributed by atoms with Crippen LogP contribution in [0.25, 0.3) is 0 Å². The Morgan fingerprint density at radius 2 is 2.24 bits per heavy atom. The largest absolute Gasteiger partial charge is 0.493 e. The molecule has 17 heavy (non-hydrogen) atoms. The van der Waals surface area contributed by atoms with Crippen LogP contribution in [-0.4, -0.2) is 6.61 Å². The van der Waals surface area contributed by atoms with Crippen LogP contribution < -0.4 is 10.5 Å². The van der Waals surface area contributed by atoms with Gasteiger partial charge in [-0.1, -0.05) is 17.7 Å². The van der Waals surface area contributed by atoms with Gasteiger partial charge in [-0.05, 0) is 25.8 Å². The Hall–Kier alpha value is -1.53. The molecule has 0 aromatic heterocycles. The maximum atomic E-state index is 8.75. The number of hydrogen-bond acceptors (Lipinski definition) is 3. The monoisotopic (exact) mass is 230 g/mol. The molecule has 0 unspecified atom stereocenters. The van der Waals surface area contributed by atoms with Crippen molar-refractivity contribution in [2.45, 2.75) is 32.7 Å². The Kier molecular flexibility index (Phi) is 3.35. The molecule has 1 aromatic carbocycles. The molecule has 90 valence electrons. The molecule has 0 heterocycles. The second kappa shape index (κ2) is 4.77. The SMILES string of the molecule is Cc1ccc(OCC2(CC#N)CC2)c(CN)c1. The van der Waals surface area contributed by atoms with E-state index in [1.165, 1.54) is 5.56 Å². The fraction of sp³-hybridized carbons (Fsp3) is 0.500. The standard InChI is InChI=1S/C14H18N2O/c1-11-2-3-13(12(8-11)9-16)17-10-14(4-5-14)6-7-15/h2-3,8H,4-6,9-10,16H2,1H3. The highest BCUT2D eigenvalue weighted by molar-refractivity contribution is 5.36. The van der Waals surface area contributed by atoms with Gasteiger partial charge in [0.05, 0.1) is 12.7 Å². The molecule has 3 nitrogen and oxygen atoms in total. The fourth-order valence-electron chi connectivity index (χ4n) is 1.96. The highest BCUT2D eigenvalue weighted by Gasteiger charge is 2.43. The lowest BCUT2D eigenvalue weighted by Crippen LogP contribution is -2.14. The number of rotatable bonds is 5. The van der Waals surface area contributed by atoms with Crippen LogP contribution in [0.15, 0.2) is 18.2 Å². The van der Waals surface area contributed by atoms with Gasteiger partial charge in [-0.2, -0.15) is 5.26 Å². The van der Waals surface area contributed by atoms with Crippen molar-refractivity contribution >= 4 is 0 Å². The summed E-state index contributed by atoms with van der Waals surface area (Å²) in [5.41, 5.74) is 8.05. The Morgan fingerprint density at radius 3 is 2.82 bits per heavy atom. The second-order valence-electron chi connectivity index (χ2n) is 4.94. The number of aryl methyl sites for hydroxylation is 1. The van der Waals surface area contributed by atoms with Crippen LogP contribution in [0.2, 0.25) is 0 Å². The highest BCUT2D eigenvalue weighted by Crippen LogP contribution is 2.48. The minimum absolute atomic E-state index is 0.117. The first-order chi connectivity index (χ1) is 8.19. The molecule has 1 aliphatic carbocycles. The van der Waals surface area contributed by atoms with Crippen molar-refractivity contribution in [1.29, 1.82) is 5.26 Å². The van der Waals surface area contributed by atoms with E-state index in [-0.39, 0.29) is 5.41 Å². The zero-order chi connectivity index (χ0) is 12.3. The molecule has 0 bridgehead atoms. The third-order valence-corrected chi connectivity index (χ3v) is 3.38. The maximum Gasteiger partial charge on any atom is 0.123 e. The molecule has 2 rings (SSSR count). The van der Waals surface area contributed by atoms with Gasteiger partial charge in [-0.3, -0.25) is 0 Å². The molecular formula is C14H18N2O. The minimum atomic E-state index is 0.117. The number of benzene rings is 1. The first kappa shape index (κ1) is 11.9. The third kappa shape index (κ3) is 2.78. The Labute approximate surface area is 102 Å². The maximum absolute atomic E-state index is 8.75. The van der Waals surface area contributed by atoms with Crippen molar-refractivity contribution in [1.82, 2.24) is 0 Å². The number of nitrogens with zero attached hydrogens (tertiary/aromatic N) is 1. The quantitative estimate of drug-likeness (QED) is 0.845. The normalized spacial score (nSPS) is 16.3. The summed E-state index contributed by atoms with van der Waals surface area (Å²) in [6.07, 6.45) is 2.80. The van der Waals surface area contributed by atoms with Gasteiger partial charge in [0, 0.05) is 23.9 Å². The molecule has 0 atom stereocenters. The molecular weight excluding hydrogens is 212 g/mol. The number of nitriles is 1. The topological polar surface area (TPSA) is 59.0 Å². The molecule has 0 amide bonds. The van der Waals surface area contributed by atoms with E-state index in [9.17, 15) is 0 Å². The molecule has 0 saturated heterocycles. The fourth-order valence-corrected chi connectivity index (χ4v) is 1.96. The predicted octanol–water partition coefficient (Wildman–Crippen LogP) is 2.53. The van der Waals surface area contributed by atoms with Crippen molar-refractivity contribution in [2.75, 3.05) is 6.61 Å². The van der Waals surface area contributed by atoms with Crippen LogP contribution in [0.3, 0.4) is 0 Å². The van der Waals surface area contributed by atoms with E-state index in [0.29, 0.717) is 19.6 Å². The second-order valence-corrected chi connectivity index (χ2v) is 4.94. The smallest absolute Gasteiger partial charge is 0.123 e. The average molecular weight is 230 g/mol. The van der Waals surface area contributed by atoms with Crippen LogP contribution in [0.4, 0.5) is 0 Å². The summed E-state index contributed by atoms with van der Waals surface area (Å²) in [6.45, 7) is 3.17. The van der Waals surface area contributed by atoms with Crippen molar-refractivity contribution in [3.63, 3.8) is 0 Å². The van der Waals surface area contributed by atoms with Crippen LogP contribution in [0.5, 0.6) is 5.75 Å². The highest BCUT2D eigenvalue weighted by atomic mass is 16.5. The molecule has 3 heteroatoms. The van der Waals surface area contributed by atoms with Gasteiger partial charge in [-0.25, -0.2) is 0 Å². The van der Waals surface area contributed by atoms with Crippen LogP contribution in [0, 0.1) is 23.7 Å². The first-order valence-electron chi connectivity index (χ1n) is 5.98. The Bertz CT molecular complexity index is 444. The molecule has 0 aliphatic heterocycles. The zero-order valence-electron chi connectivity index (χ0n) is 10.2. The van der Waals surface area contributed by atoms with Gasteiger partial charge >= 0.3 is 0 Å².